The molecule has 5 nitrogen and oxygen atoms in total. The SMILES string of the molecule is O=C(NCC1(c2ccccc2)CC1)[C@@H]1CCCN1C(=O)c1ccco1. The van der Waals surface area contributed by atoms with E-state index in [1.54, 1.807) is 17.0 Å². The molecule has 1 saturated heterocycles. The Morgan fingerprint density at radius 3 is 2.64 bits per heavy atom. The molecule has 25 heavy (non-hydrogen) atoms. The highest BCUT2D eigenvalue weighted by molar-refractivity contribution is 5.96. The number of hydrogen-bond acceptors (Lipinski definition) is 3. The highest BCUT2D eigenvalue weighted by Crippen LogP contribution is 2.47. The first kappa shape index (κ1) is 15.9. The minimum absolute atomic E-state index is 0.0559. The molecule has 1 aromatic carbocycles. The minimum Gasteiger partial charge on any atom is -0.459 e. The Morgan fingerprint density at radius 2 is 1.96 bits per heavy atom. The van der Waals surface area contributed by atoms with Crippen molar-refractivity contribution in [1.82, 2.24) is 10.2 Å². The number of amides is 2. The summed E-state index contributed by atoms with van der Waals surface area (Å²) >= 11 is 0. The summed E-state index contributed by atoms with van der Waals surface area (Å²) in [5.74, 6) is 0.0362. The molecule has 0 unspecified atom stereocenters. The van der Waals surface area contributed by atoms with Gasteiger partial charge in [0.2, 0.25) is 5.91 Å². The van der Waals surface area contributed by atoms with Crippen molar-refractivity contribution in [2.45, 2.75) is 37.1 Å². The zero-order chi connectivity index (χ0) is 17.3. The van der Waals surface area contributed by atoms with Crippen molar-refractivity contribution in [2.75, 3.05) is 13.1 Å². The van der Waals surface area contributed by atoms with Crippen LogP contribution in [0.15, 0.2) is 53.1 Å². The van der Waals surface area contributed by atoms with Gasteiger partial charge >= 0.3 is 0 Å². The standard InChI is InChI=1S/C20H22N2O3/c23-18(21-14-20(10-11-20)15-6-2-1-3-7-15)16-8-4-12-22(16)19(24)17-9-5-13-25-17/h1-3,5-7,9,13,16H,4,8,10-12,14H2,(H,21,23)/t16-/m0/s1. The molecule has 1 saturated carbocycles. The fourth-order valence-electron chi connectivity index (χ4n) is 3.71. The van der Waals surface area contributed by atoms with Gasteiger partial charge in [-0.25, -0.2) is 0 Å². The van der Waals surface area contributed by atoms with Gasteiger partial charge in [-0.2, -0.15) is 0 Å². The van der Waals surface area contributed by atoms with Crippen LogP contribution >= 0.6 is 0 Å². The molecule has 1 N–H and O–H groups in total. The molecule has 1 atom stereocenters. The number of likely N-dealkylation sites (tertiary alicyclic amines) is 1. The van der Waals surface area contributed by atoms with Gasteiger partial charge in [0.1, 0.15) is 6.04 Å². The van der Waals surface area contributed by atoms with Crippen LogP contribution < -0.4 is 5.32 Å². The Labute approximate surface area is 147 Å². The molecule has 1 aliphatic heterocycles. The van der Waals surface area contributed by atoms with Crippen LogP contribution in [0.25, 0.3) is 0 Å². The van der Waals surface area contributed by atoms with Gasteiger partial charge in [0, 0.05) is 18.5 Å². The maximum atomic E-state index is 12.7. The number of furan rings is 1. The van der Waals surface area contributed by atoms with E-state index in [4.69, 9.17) is 4.42 Å². The maximum absolute atomic E-state index is 12.7. The summed E-state index contributed by atoms with van der Waals surface area (Å²) in [6.07, 6.45) is 5.22. The first-order valence-electron chi connectivity index (χ1n) is 8.87. The van der Waals surface area contributed by atoms with Gasteiger partial charge in [0.25, 0.3) is 5.91 Å². The van der Waals surface area contributed by atoms with Crippen LogP contribution in [0.5, 0.6) is 0 Å². The second kappa shape index (κ2) is 6.39. The van der Waals surface area contributed by atoms with Crippen molar-refractivity contribution in [3.8, 4) is 0 Å². The summed E-state index contributed by atoms with van der Waals surface area (Å²) in [5, 5.41) is 3.09. The van der Waals surface area contributed by atoms with Crippen LogP contribution in [0.3, 0.4) is 0 Å². The molecule has 2 fully saturated rings. The van der Waals surface area contributed by atoms with E-state index in [1.165, 1.54) is 11.8 Å². The Balaban J connectivity index is 1.40. The van der Waals surface area contributed by atoms with Crippen LogP contribution in [-0.2, 0) is 10.2 Å². The second-order valence-electron chi connectivity index (χ2n) is 7.00. The number of carbonyl (C=O) groups is 2. The first-order chi connectivity index (χ1) is 12.2. The lowest BCUT2D eigenvalue weighted by molar-refractivity contribution is -0.125. The molecule has 2 heterocycles. The average molecular weight is 338 g/mol. The van der Waals surface area contributed by atoms with E-state index in [-0.39, 0.29) is 17.2 Å². The number of nitrogens with one attached hydrogen (secondary N) is 1. The van der Waals surface area contributed by atoms with Crippen molar-refractivity contribution in [1.29, 1.82) is 0 Å². The molecule has 2 aliphatic rings. The summed E-state index contributed by atoms with van der Waals surface area (Å²) in [7, 11) is 0. The molecule has 1 aromatic heterocycles. The topological polar surface area (TPSA) is 62.6 Å². The predicted molar refractivity (Wildman–Crippen MR) is 93.1 cm³/mol. The van der Waals surface area contributed by atoms with Gasteiger partial charge in [-0.3, -0.25) is 9.59 Å². The van der Waals surface area contributed by atoms with E-state index in [0.717, 1.165) is 19.3 Å². The van der Waals surface area contributed by atoms with E-state index >= 15 is 0 Å². The van der Waals surface area contributed by atoms with Crippen LogP contribution in [0.4, 0.5) is 0 Å². The third kappa shape index (κ3) is 3.06. The third-order valence-electron chi connectivity index (χ3n) is 5.39. The smallest absolute Gasteiger partial charge is 0.290 e. The normalized spacial score (nSPS) is 21.1. The van der Waals surface area contributed by atoms with Crippen molar-refractivity contribution in [2.24, 2.45) is 0 Å². The fraction of sp³-hybridized carbons (Fsp3) is 0.400. The lowest BCUT2D eigenvalue weighted by Crippen LogP contribution is -2.47. The van der Waals surface area contributed by atoms with Crippen LogP contribution in [0.2, 0.25) is 0 Å². The number of rotatable bonds is 5. The molecule has 1 aliphatic carbocycles. The zero-order valence-electron chi connectivity index (χ0n) is 14.1. The average Bonchev–Trinajstić information content (AvgIpc) is 3.06. The predicted octanol–water partition coefficient (Wildman–Crippen LogP) is 2.73. The van der Waals surface area contributed by atoms with Crippen molar-refractivity contribution < 1.29 is 14.0 Å². The quantitative estimate of drug-likeness (QED) is 0.912. The molecule has 0 bridgehead atoms. The summed E-state index contributed by atoms with van der Waals surface area (Å²) in [4.78, 5) is 26.8. The fourth-order valence-corrected chi connectivity index (χ4v) is 3.71. The molecule has 0 radical (unpaired) electrons. The Bertz CT molecular complexity index is 751. The Kier molecular flexibility index (Phi) is 4.07. The Morgan fingerprint density at radius 1 is 1.16 bits per heavy atom. The van der Waals surface area contributed by atoms with Gasteiger partial charge < -0.3 is 14.6 Å². The van der Waals surface area contributed by atoms with Gasteiger partial charge in [0.15, 0.2) is 5.76 Å². The summed E-state index contributed by atoms with van der Waals surface area (Å²) < 4.78 is 5.19. The second-order valence-corrected chi connectivity index (χ2v) is 7.00. The van der Waals surface area contributed by atoms with Gasteiger partial charge in [-0.15, -0.1) is 0 Å². The molecule has 2 aromatic rings. The number of benzene rings is 1. The van der Waals surface area contributed by atoms with Crippen LogP contribution in [-0.4, -0.2) is 35.8 Å². The summed E-state index contributed by atoms with van der Waals surface area (Å²) in [6, 6.07) is 13.3. The number of nitrogens with zero attached hydrogens (tertiary/aromatic N) is 1. The van der Waals surface area contributed by atoms with E-state index < -0.39 is 6.04 Å². The molecular formula is C20H22N2O3. The van der Waals surface area contributed by atoms with E-state index in [2.05, 4.69) is 17.4 Å². The largest absolute Gasteiger partial charge is 0.459 e. The number of carbonyl (C=O) groups excluding carboxylic acids is 2. The summed E-state index contributed by atoms with van der Waals surface area (Å²) in [5.41, 5.74) is 1.36. The molecule has 130 valence electrons. The van der Waals surface area contributed by atoms with Gasteiger partial charge in [0.05, 0.1) is 6.26 Å². The van der Waals surface area contributed by atoms with Crippen LogP contribution in [0.1, 0.15) is 41.8 Å². The monoisotopic (exact) mass is 338 g/mol. The summed E-state index contributed by atoms with van der Waals surface area (Å²) in [6.45, 7) is 1.23. The minimum atomic E-state index is -0.399. The van der Waals surface area contributed by atoms with E-state index in [0.29, 0.717) is 25.3 Å². The first-order valence-corrected chi connectivity index (χ1v) is 8.87. The molecular weight excluding hydrogens is 316 g/mol. The van der Waals surface area contributed by atoms with Gasteiger partial charge in [-0.1, -0.05) is 30.3 Å². The van der Waals surface area contributed by atoms with Crippen LogP contribution in [0, 0.1) is 0 Å². The van der Waals surface area contributed by atoms with Crippen molar-refractivity contribution >= 4 is 11.8 Å². The third-order valence-corrected chi connectivity index (χ3v) is 5.39. The van der Waals surface area contributed by atoms with Gasteiger partial charge in [-0.05, 0) is 43.4 Å². The lowest BCUT2D eigenvalue weighted by Gasteiger charge is -2.24. The highest BCUT2D eigenvalue weighted by Gasteiger charge is 2.45. The Hall–Kier alpha value is -2.56. The lowest BCUT2D eigenvalue weighted by atomic mass is 9.96. The highest BCUT2D eigenvalue weighted by atomic mass is 16.3. The van der Waals surface area contributed by atoms with Crippen molar-refractivity contribution in [3.63, 3.8) is 0 Å². The van der Waals surface area contributed by atoms with E-state index in [9.17, 15) is 9.59 Å². The molecule has 0 spiro atoms. The van der Waals surface area contributed by atoms with E-state index in [1.807, 2.05) is 18.2 Å². The van der Waals surface area contributed by atoms with Crippen molar-refractivity contribution in [3.05, 3.63) is 60.1 Å². The molecule has 2 amide bonds. The zero-order valence-corrected chi connectivity index (χ0v) is 14.1. The molecule has 5 heteroatoms. The number of hydrogen-bond donors (Lipinski definition) is 1. The molecule has 4 rings (SSSR count). The maximum Gasteiger partial charge on any atom is 0.290 e.